The van der Waals surface area contributed by atoms with Gasteiger partial charge in [0.1, 0.15) is 10.7 Å². The summed E-state index contributed by atoms with van der Waals surface area (Å²) in [5, 5.41) is 1.14. The minimum absolute atomic E-state index is 0.0911. The first-order chi connectivity index (χ1) is 14.6. The van der Waals surface area contributed by atoms with Crippen LogP contribution in [-0.2, 0) is 25.1 Å². The van der Waals surface area contributed by atoms with Gasteiger partial charge in [0.15, 0.2) is 5.16 Å². The maximum Gasteiger partial charge on any atom is 0.319 e. The Labute approximate surface area is 180 Å². The SMILES string of the molecule is CCc1cc2c(=O)n(CCc3ccccc3)c(SCc3nccn3C(F)F)nc2s1. The van der Waals surface area contributed by atoms with Gasteiger partial charge in [-0.05, 0) is 24.5 Å². The standard InChI is InChI=1S/C21H20F2N4OS2/c1-2-15-12-16-18(30-15)25-21(29-13-17-24-9-11-26(17)20(22)23)27(19(16)28)10-8-14-6-4-3-5-7-14/h3-7,9,11-12,20H,2,8,10,13H2,1H3. The van der Waals surface area contributed by atoms with Crippen molar-refractivity contribution in [2.75, 3.05) is 0 Å². The Morgan fingerprint density at radius 1 is 1.23 bits per heavy atom. The Hall–Kier alpha value is -2.52. The van der Waals surface area contributed by atoms with E-state index in [2.05, 4.69) is 4.98 Å². The van der Waals surface area contributed by atoms with Gasteiger partial charge in [-0.3, -0.25) is 13.9 Å². The summed E-state index contributed by atoms with van der Waals surface area (Å²) < 4.78 is 28.8. The fourth-order valence-electron chi connectivity index (χ4n) is 3.18. The number of rotatable bonds is 8. The number of hydrogen-bond acceptors (Lipinski definition) is 5. The predicted octanol–water partition coefficient (Wildman–Crippen LogP) is 5.15. The zero-order chi connectivity index (χ0) is 21.1. The van der Waals surface area contributed by atoms with E-state index in [1.165, 1.54) is 35.5 Å². The zero-order valence-corrected chi connectivity index (χ0v) is 17.9. The molecule has 4 aromatic rings. The van der Waals surface area contributed by atoms with Crippen molar-refractivity contribution < 1.29 is 8.78 Å². The summed E-state index contributed by atoms with van der Waals surface area (Å²) in [4.78, 5) is 23.7. The molecule has 0 aliphatic carbocycles. The van der Waals surface area contributed by atoms with Crippen molar-refractivity contribution in [2.24, 2.45) is 0 Å². The zero-order valence-electron chi connectivity index (χ0n) is 16.3. The number of halogens is 2. The van der Waals surface area contributed by atoms with Gasteiger partial charge in [-0.1, -0.05) is 49.0 Å². The van der Waals surface area contributed by atoms with E-state index in [-0.39, 0.29) is 17.1 Å². The first kappa shape index (κ1) is 20.7. The number of hydrogen-bond donors (Lipinski definition) is 0. The molecule has 4 rings (SSSR count). The van der Waals surface area contributed by atoms with Gasteiger partial charge < -0.3 is 0 Å². The highest BCUT2D eigenvalue weighted by Gasteiger charge is 2.17. The van der Waals surface area contributed by atoms with Gasteiger partial charge >= 0.3 is 6.55 Å². The topological polar surface area (TPSA) is 52.7 Å². The van der Waals surface area contributed by atoms with Crippen LogP contribution in [0.25, 0.3) is 10.2 Å². The number of imidazole rings is 1. The van der Waals surface area contributed by atoms with Crippen LogP contribution in [0.15, 0.2) is 58.7 Å². The average Bonchev–Trinajstić information content (AvgIpc) is 3.39. The molecule has 0 aliphatic rings. The lowest BCUT2D eigenvalue weighted by molar-refractivity contribution is 0.0678. The second kappa shape index (κ2) is 9.09. The maximum absolute atomic E-state index is 13.2. The highest BCUT2D eigenvalue weighted by molar-refractivity contribution is 7.98. The van der Waals surface area contributed by atoms with Crippen molar-refractivity contribution in [3.8, 4) is 0 Å². The predicted molar refractivity (Wildman–Crippen MR) is 116 cm³/mol. The highest BCUT2D eigenvalue weighted by atomic mass is 32.2. The molecule has 9 heteroatoms. The van der Waals surface area contributed by atoms with E-state index in [0.29, 0.717) is 28.3 Å². The fourth-order valence-corrected chi connectivity index (χ4v) is 5.16. The third-order valence-electron chi connectivity index (χ3n) is 4.77. The van der Waals surface area contributed by atoms with Crippen LogP contribution in [0.4, 0.5) is 8.78 Å². The van der Waals surface area contributed by atoms with E-state index in [4.69, 9.17) is 4.98 Å². The molecule has 0 saturated carbocycles. The van der Waals surface area contributed by atoms with Gasteiger partial charge in [-0.25, -0.2) is 9.97 Å². The number of aryl methyl sites for hydroxylation is 2. The quantitative estimate of drug-likeness (QED) is 0.278. The summed E-state index contributed by atoms with van der Waals surface area (Å²) in [5.74, 6) is 0.450. The molecule has 3 heterocycles. The normalized spacial score (nSPS) is 11.6. The summed E-state index contributed by atoms with van der Waals surface area (Å²) >= 11 is 2.76. The van der Waals surface area contributed by atoms with Crippen LogP contribution in [0, 0.1) is 0 Å². The van der Waals surface area contributed by atoms with E-state index < -0.39 is 6.55 Å². The maximum atomic E-state index is 13.2. The Bertz CT molecular complexity index is 1200. The van der Waals surface area contributed by atoms with Gasteiger partial charge in [0, 0.05) is 23.8 Å². The van der Waals surface area contributed by atoms with Crippen LogP contribution in [0.1, 0.15) is 29.7 Å². The molecule has 0 N–H and O–H groups in total. The Kier molecular flexibility index (Phi) is 6.29. The number of thiophene rings is 1. The highest BCUT2D eigenvalue weighted by Crippen LogP contribution is 2.27. The van der Waals surface area contributed by atoms with Crippen LogP contribution >= 0.6 is 23.1 Å². The van der Waals surface area contributed by atoms with Gasteiger partial charge in [0.25, 0.3) is 5.56 Å². The largest absolute Gasteiger partial charge is 0.319 e. The lowest BCUT2D eigenvalue weighted by Crippen LogP contribution is -2.24. The first-order valence-corrected chi connectivity index (χ1v) is 11.4. The van der Waals surface area contributed by atoms with Crippen LogP contribution in [0.5, 0.6) is 0 Å². The van der Waals surface area contributed by atoms with E-state index in [1.807, 2.05) is 43.3 Å². The van der Waals surface area contributed by atoms with Gasteiger partial charge in [0.2, 0.25) is 0 Å². The number of alkyl halides is 2. The second-order valence-corrected chi connectivity index (χ2v) is 8.75. The molecule has 30 heavy (non-hydrogen) atoms. The molecule has 0 unspecified atom stereocenters. The molecule has 156 valence electrons. The summed E-state index contributed by atoms with van der Waals surface area (Å²) in [5.41, 5.74) is 1.03. The molecule has 0 amide bonds. The minimum Gasteiger partial charge on any atom is -0.287 e. The molecule has 0 aliphatic heterocycles. The second-order valence-electron chi connectivity index (χ2n) is 6.69. The third-order valence-corrected chi connectivity index (χ3v) is 6.92. The van der Waals surface area contributed by atoms with Crippen molar-refractivity contribution in [2.45, 2.75) is 43.8 Å². The molecule has 0 saturated heterocycles. The minimum atomic E-state index is -2.65. The lowest BCUT2D eigenvalue weighted by Gasteiger charge is -2.12. The summed E-state index contributed by atoms with van der Waals surface area (Å²) in [6.07, 6.45) is 4.12. The molecule has 0 bridgehead atoms. The van der Waals surface area contributed by atoms with Gasteiger partial charge in [-0.2, -0.15) is 8.78 Å². The van der Waals surface area contributed by atoms with Gasteiger partial charge in [-0.15, -0.1) is 11.3 Å². The molecule has 0 fully saturated rings. The average molecular weight is 447 g/mol. The molecule has 0 atom stereocenters. The molecule has 3 aromatic heterocycles. The number of aromatic nitrogens is 4. The van der Waals surface area contributed by atoms with Gasteiger partial charge in [0.05, 0.1) is 11.1 Å². The van der Waals surface area contributed by atoms with Crippen LogP contribution in [-0.4, -0.2) is 19.1 Å². The van der Waals surface area contributed by atoms with E-state index in [0.717, 1.165) is 21.4 Å². The van der Waals surface area contributed by atoms with Crippen LogP contribution < -0.4 is 5.56 Å². The molecule has 1 aromatic carbocycles. The van der Waals surface area contributed by atoms with E-state index in [1.54, 1.807) is 4.57 Å². The van der Waals surface area contributed by atoms with Crippen molar-refractivity contribution >= 4 is 33.3 Å². The number of fused-ring (bicyclic) bond motifs is 1. The number of nitrogens with zero attached hydrogens (tertiary/aromatic N) is 4. The molecule has 0 radical (unpaired) electrons. The molecule has 0 spiro atoms. The summed E-state index contributed by atoms with van der Waals surface area (Å²) in [6.45, 7) is -0.143. The monoisotopic (exact) mass is 446 g/mol. The van der Waals surface area contributed by atoms with Crippen LogP contribution in [0.2, 0.25) is 0 Å². The first-order valence-electron chi connectivity index (χ1n) is 9.56. The van der Waals surface area contributed by atoms with Crippen molar-refractivity contribution in [1.82, 2.24) is 19.1 Å². The number of thioether (sulfide) groups is 1. The van der Waals surface area contributed by atoms with Crippen LogP contribution in [0.3, 0.4) is 0 Å². The number of benzene rings is 1. The van der Waals surface area contributed by atoms with E-state index >= 15 is 0 Å². The fraction of sp³-hybridized carbons (Fsp3) is 0.286. The molecule has 5 nitrogen and oxygen atoms in total. The Morgan fingerprint density at radius 3 is 2.77 bits per heavy atom. The Morgan fingerprint density at radius 2 is 2.03 bits per heavy atom. The van der Waals surface area contributed by atoms with Crippen molar-refractivity contribution in [3.63, 3.8) is 0 Å². The molecular weight excluding hydrogens is 426 g/mol. The summed E-state index contributed by atoms with van der Waals surface area (Å²) in [6, 6.07) is 11.8. The van der Waals surface area contributed by atoms with Crippen molar-refractivity contribution in [1.29, 1.82) is 0 Å². The smallest absolute Gasteiger partial charge is 0.287 e. The Balaban J connectivity index is 1.68. The third kappa shape index (κ3) is 4.32. The lowest BCUT2D eigenvalue weighted by atomic mass is 10.1. The molecular formula is C21H20F2N4OS2. The van der Waals surface area contributed by atoms with Crippen molar-refractivity contribution in [3.05, 3.63) is 75.4 Å². The van der Waals surface area contributed by atoms with E-state index in [9.17, 15) is 13.6 Å². The summed E-state index contributed by atoms with van der Waals surface area (Å²) in [7, 11) is 0.